The van der Waals surface area contributed by atoms with E-state index < -0.39 is 6.04 Å². The van der Waals surface area contributed by atoms with Gasteiger partial charge in [0.05, 0.1) is 11.1 Å². The molecule has 0 saturated heterocycles. The fourth-order valence-corrected chi connectivity index (χ4v) is 1.81. The second kappa shape index (κ2) is 7.74. The van der Waals surface area contributed by atoms with E-state index in [1.807, 2.05) is 0 Å². The molecule has 1 aromatic rings. The van der Waals surface area contributed by atoms with Crippen molar-refractivity contribution >= 4 is 39.1 Å². The smallest absolute Gasteiger partial charge is 0.241 e. The van der Waals surface area contributed by atoms with E-state index in [9.17, 15) is 4.79 Å². The quantitative estimate of drug-likeness (QED) is 0.786. The van der Waals surface area contributed by atoms with Crippen LogP contribution in [0.1, 0.15) is 12.8 Å². The number of nitrogens with one attached hydrogen (secondary N) is 1. The highest BCUT2D eigenvalue weighted by atomic mass is 79.9. The van der Waals surface area contributed by atoms with E-state index in [1.54, 1.807) is 25.3 Å². The summed E-state index contributed by atoms with van der Waals surface area (Å²) in [6.45, 7) is 0.602. The van der Waals surface area contributed by atoms with Crippen molar-refractivity contribution in [3.63, 3.8) is 0 Å². The summed E-state index contributed by atoms with van der Waals surface area (Å²) >= 11 is 9.22. The molecule has 0 saturated carbocycles. The van der Waals surface area contributed by atoms with Gasteiger partial charge >= 0.3 is 0 Å². The van der Waals surface area contributed by atoms with Gasteiger partial charge in [0.15, 0.2) is 0 Å². The molecule has 1 amide bonds. The zero-order valence-corrected chi connectivity index (χ0v) is 12.4. The molecule has 6 heteroatoms. The molecule has 0 spiro atoms. The maximum absolute atomic E-state index is 11.8. The van der Waals surface area contributed by atoms with Crippen LogP contribution in [0.3, 0.4) is 0 Å². The van der Waals surface area contributed by atoms with E-state index in [1.165, 1.54) is 0 Å². The van der Waals surface area contributed by atoms with Crippen molar-refractivity contribution in [2.45, 2.75) is 18.9 Å². The van der Waals surface area contributed by atoms with Crippen LogP contribution in [-0.2, 0) is 9.53 Å². The molecular formula is C12H16BrClN2O2. The molecule has 0 bridgehead atoms. The second-order valence-electron chi connectivity index (χ2n) is 3.86. The van der Waals surface area contributed by atoms with E-state index in [-0.39, 0.29) is 5.91 Å². The number of hydrogen-bond acceptors (Lipinski definition) is 3. The first-order valence-corrected chi connectivity index (χ1v) is 6.72. The molecule has 1 unspecified atom stereocenters. The van der Waals surface area contributed by atoms with Gasteiger partial charge in [0.25, 0.3) is 0 Å². The van der Waals surface area contributed by atoms with Gasteiger partial charge in [0.1, 0.15) is 0 Å². The summed E-state index contributed by atoms with van der Waals surface area (Å²) in [6.07, 6.45) is 1.34. The van der Waals surface area contributed by atoms with Crippen LogP contribution in [0.5, 0.6) is 0 Å². The SMILES string of the molecule is COCCCC(N)C(=O)Nc1ccc(Br)c(Cl)c1. The Kier molecular flexibility index (Phi) is 6.63. The fraction of sp³-hybridized carbons (Fsp3) is 0.417. The van der Waals surface area contributed by atoms with Gasteiger partial charge in [-0.25, -0.2) is 0 Å². The number of amides is 1. The predicted octanol–water partition coefficient (Wildman–Crippen LogP) is 2.79. The molecule has 1 aromatic carbocycles. The van der Waals surface area contributed by atoms with Gasteiger partial charge in [0.2, 0.25) is 5.91 Å². The summed E-state index contributed by atoms with van der Waals surface area (Å²) in [6, 6.07) is 4.66. The van der Waals surface area contributed by atoms with E-state index in [0.717, 1.165) is 10.9 Å². The number of nitrogens with two attached hydrogens (primary N) is 1. The van der Waals surface area contributed by atoms with Crippen molar-refractivity contribution in [3.8, 4) is 0 Å². The third kappa shape index (κ3) is 4.94. The molecule has 0 fully saturated rings. The van der Waals surface area contributed by atoms with E-state index >= 15 is 0 Å². The van der Waals surface area contributed by atoms with Crippen LogP contribution in [0.25, 0.3) is 0 Å². The van der Waals surface area contributed by atoms with Crippen molar-refractivity contribution in [1.29, 1.82) is 0 Å². The van der Waals surface area contributed by atoms with Gasteiger partial charge in [-0.2, -0.15) is 0 Å². The van der Waals surface area contributed by atoms with Crippen LogP contribution in [0.4, 0.5) is 5.69 Å². The predicted molar refractivity (Wildman–Crippen MR) is 76.9 cm³/mol. The first kappa shape index (κ1) is 15.4. The minimum Gasteiger partial charge on any atom is -0.385 e. The number of carbonyl (C=O) groups excluding carboxylic acids is 1. The van der Waals surface area contributed by atoms with Crippen LogP contribution in [0.2, 0.25) is 5.02 Å². The summed E-state index contributed by atoms with van der Waals surface area (Å²) in [4.78, 5) is 11.8. The van der Waals surface area contributed by atoms with Crippen LogP contribution in [-0.4, -0.2) is 25.7 Å². The van der Waals surface area contributed by atoms with Crippen molar-refractivity contribution in [2.75, 3.05) is 19.0 Å². The Morgan fingerprint density at radius 2 is 2.33 bits per heavy atom. The summed E-state index contributed by atoms with van der Waals surface area (Å²) in [7, 11) is 1.62. The molecule has 0 aliphatic carbocycles. The third-order valence-corrected chi connectivity index (χ3v) is 3.62. The Morgan fingerprint density at radius 3 is 2.94 bits per heavy atom. The minimum atomic E-state index is -0.539. The Bertz CT molecular complexity index is 415. The highest BCUT2D eigenvalue weighted by molar-refractivity contribution is 9.10. The molecule has 0 aliphatic rings. The molecule has 0 heterocycles. The Morgan fingerprint density at radius 1 is 1.61 bits per heavy atom. The number of halogens is 2. The second-order valence-corrected chi connectivity index (χ2v) is 5.12. The zero-order valence-electron chi connectivity index (χ0n) is 10.1. The number of benzene rings is 1. The molecular weight excluding hydrogens is 320 g/mol. The molecule has 4 nitrogen and oxygen atoms in total. The van der Waals surface area contributed by atoms with Gasteiger partial charge in [-0.05, 0) is 47.0 Å². The lowest BCUT2D eigenvalue weighted by Crippen LogP contribution is -2.35. The van der Waals surface area contributed by atoms with Crippen molar-refractivity contribution in [3.05, 3.63) is 27.7 Å². The normalized spacial score (nSPS) is 12.2. The third-order valence-electron chi connectivity index (χ3n) is 2.39. The lowest BCUT2D eigenvalue weighted by Gasteiger charge is -2.12. The summed E-state index contributed by atoms with van der Waals surface area (Å²) in [5.41, 5.74) is 6.40. The average Bonchev–Trinajstić information content (AvgIpc) is 2.34. The van der Waals surface area contributed by atoms with Gasteiger partial charge in [0, 0.05) is 23.9 Å². The first-order chi connectivity index (χ1) is 8.54. The lowest BCUT2D eigenvalue weighted by atomic mass is 10.1. The Hall–Kier alpha value is -0.620. The van der Waals surface area contributed by atoms with Crippen LogP contribution in [0.15, 0.2) is 22.7 Å². The lowest BCUT2D eigenvalue weighted by molar-refractivity contribution is -0.117. The van der Waals surface area contributed by atoms with E-state index in [4.69, 9.17) is 22.1 Å². The maximum atomic E-state index is 11.8. The van der Waals surface area contributed by atoms with E-state index in [2.05, 4.69) is 21.2 Å². The molecule has 100 valence electrons. The molecule has 0 aromatic heterocycles. The highest BCUT2D eigenvalue weighted by Crippen LogP contribution is 2.25. The average molecular weight is 336 g/mol. The van der Waals surface area contributed by atoms with Gasteiger partial charge in [-0.15, -0.1) is 0 Å². The number of methoxy groups -OCH3 is 1. The summed E-state index contributed by atoms with van der Waals surface area (Å²) < 4.78 is 5.69. The highest BCUT2D eigenvalue weighted by Gasteiger charge is 2.13. The maximum Gasteiger partial charge on any atom is 0.241 e. The van der Waals surface area contributed by atoms with Gasteiger partial charge in [-0.1, -0.05) is 11.6 Å². The zero-order chi connectivity index (χ0) is 13.5. The van der Waals surface area contributed by atoms with Crippen molar-refractivity contribution in [2.24, 2.45) is 5.73 Å². The van der Waals surface area contributed by atoms with Crippen LogP contribution < -0.4 is 11.1 Å². The largest absolute Gasteiger partial charge is 0.385 e. The van der Waals surface area contributed by atoms with Crippen LogP contribution >= 0.6 is 27.5 Å². The van der Waals surface area contributed by atoms with Crippen molar-refractivity contribution in [1.82, 2.24) is 0 Å². The summed E-state index contributed by atoms with van der Waals surface area (Å²) in [5.74, 6) is -0.218. The molecule has 0 aliphatic heterocycles. The number of hydrogen-bond donors (Lipinski definition) is 2. The number of anilines is 1. The van der Waals surface area contributed by atoms with Gasteiger partial charge < -0.3 is 15.8 Å². The molecule has 1 rings (SSSR count). The van der Waals surface area contributed by atoms with Crippen LogP contribution in [0, 0.1) is 0 Å². The first-order valence-electron chi connectivity index (χ1n) is 5.55. The van der Waals surface area contributed by atoms with Crippen molar-refractivity contribution < 1.29 is 9.53 Å². The molecule has 0 radical (unpaired) electrons. The van der Waals surface area contributed by atoms with E-state index in [0.29, 0.717) is 23.7 Å². The van der Waals surface area contributed by atoms with Gasteiger partial charge in [-0.3, -0.25) is 4.79 Å². The number of rotatable bonds is 6. The Labute approximate surface area is 120 Å². The topological polar surface area (TPSA) is 64.3 Å². The summed E-state index contributed by atoms with van der Waals surface area (Å²) in [5, 5.41) is 3.27. The fourth-order valence-electron chi connectivity index (χ4n) is 1.39. The molecule has 1 atom stereocenters. The monoisotopic (exact) mass is 334 g/mol. The molecule has 18 heavy (non-hydrogen) atoms. The molecule has 3 N–H and O–H groups in total. The standard InChI is InChI=1S/C12H16BrClN2O2/c1-18-6-2-3-11(15)12(17)16-8-4-5-9(13)10(14)7-8/h4-5,7,11H,2-3,6,15H2,1H3,(H,16,17). The minimum absolute atomic E-state index is 0.218. The number of ether oxygens (including phenoxy) is 1. The Balaban J connectivity index is 2.50. The number of carbonyl (C=O) groups is 1.